The smallest absolute Gasteiger partial charge is 0.408 e. The predicted octanol–water partition coefficient (Wildman–Crippen LogP) is 5.40. The lowest BCUT2D eigenvalue weighted by Crippen LogP contribution is -2.60. The molecule has 3 N–H and O–H groups in total. The minimum absolute atomic E-state index is 0.0159. The molecule has 0 radical (unpaired) electrons. The van der Waals surface area contributed by atoms with Gasteiger partial charge in [-0.05, 0) is 94.7 Å². The van der Waals surface area contributed by atoms with Gasteiger partial charge >= 0.3 is 6.09 Å². The Bertz CT molecular complexity index is 2140. The lowest BCUT2D eigenvalue weighted by atomic mass is 9.85. The van der Waals surface area contributed by atoms with Crippen LogP contribution in [0.1, 0.15) is 92.9 Å². The molecule has 2 aromatic rings. The summed E-state index contributed by atoms with van der Waals surface area (Å²) in [7, 11) is -1.09. The molecule has 1 saturated heterocycles. The van der Waals surface area contributed by atoms with Crippen LogP contribution in [0.5, 0.6) is 17.5 Å². The van der Waals surface area contributed by atoms with Gasteiger partial charge in [-0.15, -0.1) is 0 Å². The Labute approximate surface area is 349 Å². The Kier molecular flexibility index (Phi) is 12.4. The molecule has 15 nitrogen and oxygen atoms in total. The Morgan fingerprint density at radius 1 is 1.08 bits per heavy atom. The van der Waals surface area contributed by atoms with Crippen LogP contribution in [-0.2, 0) is 29.1 Å². The number of alkyl halides is 2. The zero-order valence-corrected chi connectivity index (χ0v) is 36.2. The summed E-state index contributed by atoms with van der Waals surface area (Å²) < 4.78 is 79.2. The summed E-state index contributed by atoms with van der Waals surface area (Å²) in [4.78, 5) is 62.9. The van der Waals surface area contributed by atoms with Gasteiger partial charge in [0.15, 0.2) is 5.60 Å². The van der Waals surface area contributed by atoms with E-state index in [2.05, 4.69) is 20.3 Å². The maximum Gasteiger partial charge on any atom is 0.408 e. The van der Waals surface area contributed by atoms with Gasteiger partial charge < -0.3 is 34.5 Å². The van der Waals surface area contributed by atoms with E-state index in [9.17, 15) is 31.6 Å². The number of sulfonamides is 1. The van der Waals surface area contributed by atoms with Crippen LogP contribution in [-0.4, -0.2) is 103 Å². The number of rotatable bonds is 11. The topological polar surface area (TPSA) is 192 Å². The number of hydrogen-bond donors (Lipinski definition) is 3. The number of ether oxygens (including phenoxy) is 4. The van der Waals surface area contributed by atoms with Crippen LogP contribution in [0, 0.1) is 17.8 Å². The average Bonchev–Trinajstić information content (AvgIpc) is 4.06. The lowest BCUT2D eigenvalue weighted by Gasteiger charge is -2.35. The number of allylic oxidation sites excluding steroid dienone is 1. The van der Waals surface area contributed by atoms with Crippen molar-refractivity contribution in [2.24, 2.45) is 17.8 Å². The second kappa shape index (κ2) is 16.6. The number of fused-ring (bicyclic) bond motifs is 3. The van der Waals surface area contributed by atoms with Crippen molar-refractivity contribution in [3.8, 4) is 17.5 Å². The highest BCUT2D eigenvalue weighted by atomic mass is 32.2. The number of alkyl carbamates (subject to hydrolysis) is 1. The number of carbonyl (C=O) groups is 4. The molecule has 18 heteroatoms. The van der Waals surface area contributed by atoms with Crippen LogP contribution in [0.4, 0.5) is 13.6 Å². The number of pyridine rings is 1. The van der Waals surface area contributed by atoms with Crippen molar-refractivity contribution in [2.75, 3.05) is 20.8 Å². The number of amides is 4. The molecule has 7 atom stereocenters. The molecule has 2 saturated carbocycles. The highest BCUT2D eigenvalue weighted by Crippen LogP contribution is 2.48. The van der Waals surface area contributed by atoms with Crippen molar-refractivity contribution in [3.05, 3.63) is 36.4 Å². The van der Waals surface area contributed by atoms with E-state index < -0.39 is 85.7 Å². The number of carbonyl (C=O) groups excluding carboxylic acids is 4. The summed E-state index contributed by atoms with van der Waals surface area (Å²) in [5.74, 6) is -5.80. The standard InChI is InChI=1S/C42H57F2N5O10S/c1-9-25-18-24(2)12-10-11-13-27-22-42(27,37(52)48-60(54,55)40(5)16-17-40)47-34(50)31-21-29(58-35-30-15-14-28(56-7)19-26(30)20-32(45-35)57-8)23-49(31)36(51)33(25)46-38(53)59-39(3,4)41(6,43)44/h11,13-15,19-20,24-25,27,29,31,33H,9-10,12,16-18,21-23H2,1-8H3,(H,46,53)(H,47,50)(H,48,52)/b13-11-/t24-,25-,27-,29-,31+,33+,42-/m1/s1. The maximum absolute atomic E-state index is 15.0. The average molecular weight is 862 g/mol. The molecule has 0 unspecified atom stereocenters. The van der Waals surface area contributed by atoms with Crippen molar-refractivity contribution in [1.29, 1.82) is 0 Å². The van der Waals surface area contributed by atoms with Crippen LogP contribution in [0.3, 0.4) is 0 Å². The number of nitrogens with one attached hydrogen (secondary N) is 3. The fourth-order valence-corrected chi connectivity index (χ4v) is 9.26. The van der Waals surface area contributed by atoms with Crippen molar-refractivity contribution in [3.63, 3.8) is 0 Å². The van der Waals surface area contributed by atoms with Crippen molar-refractivity contribution in [1.82, 2.24) is 25.2 Å². The van der Waals surface area contributed by atoms with Gasteiger partial charge in [-0.1, -0.05) is 32.4 Å². The van der Waals surface area contributed by atoms with Crippen LogP contribution in [0.2, 0.25) is 0 Å². The van der Waals surface area contributed by atoms with Crippen molar-refractivity contribution >= 4 is 44.6 Å². The molecule has 4 aliphatic rings. The van der Waals surface area contributed by atoms with Gasteiger partial charge in [0.05, 0.1) is 25.5 Å². The van der Waals surface area contributed by atoms with Gasteiger partial charge in [0.1, 0.15) is 29.5 Å². The summed E-state index contributed by atoms with van der Waals surface area (Å²) in [6.07, 6.45) is 4.52. The number of hydrogen-bond acceptors (Lipinski definition) is 11. The summed E-state index contributed by atoms with van der Waals surface area (Å²) >= 11 is 0. The van der Waals surface area contributed by atoms with Crippen molar-refractivity contribution in [2.45, 2.75) is 133 Å². The van der Waals surface area contributed by atoms with Gasteiger partial charge in [-0.3, -0.25) is 19.1 Å². The third kappa shape index (κ3) is 9.12. The molecule has 6 rings (SSSR count). The second-order valence-electron chi connectivity index (χ2n) is 17.6. The Morgan fingerprint density at radius 3 is 2.43 bits per heavy atom. The first-order valence-corrected chi connectivity index (χ1v) is 22.0. The summed E-state index contributed by atoms with van der Waals surface area (Å²) in [6, 6.07) is 4.34. The van der Waals surface area contributed by atoms with E-state index >= 15 is 4.79 Å². The van der Waals surface area contributed by atoms with E-state index in [0.29, 0.717) is 62.0 Å². The molecule has 60 heavy (non-hydrogen) atoms. The number of aromatic nitrogens is 1. The van der Waals surface area contributed by atoms with E-state index in [4.69, 9.17) is 18.9 Å². The van der Waals surface area contributed by atoms with Gasteiger partial charge in [0, 0.05) is 30.7 Å². The van der Waals surface area contributed by atoms with Gasteiger partial charge in [-0.2, -0.15) is 4.98 Å². The predicted molar refractivity (Wildman–Crippen MR) is 217 cm³/mol. The summed E-state index contributed by atoms with van der Waals surface area (Å²) in [5.41, 5.74) is -3.85. The molecule has 2 aliphatic heterocycles. The molecular weight excluding hydrogens is 805 g/mol. The fraction of sp³-hybridized carbons (Fsp3) is 0.643. The SMILES string of the molecule is CC[C@@H]1C[C@H](C)CC/C=C\[C@@H]2C[C@@]2(C(=O)NS(=O)(=O)C2(C)CC2)NC(=O)[C@@H]2C[C@@H](Oc3nc(OC)cc4cc(OC)ccc34)CN2C(=O)[C@H]1NC(=O)OC(C)(C)C(C)(F)F. The zero-order valence-electron chi connectivity index (χ0n) is 35.4. The van der Waals surface area contributed by atoms with E-state index in [1.165, 1.54) is 19.1 Å². The number of methoxy groups -OCH3 is 2. The largest absolute Gasteiger partial charge is 0.497 e. The molecule has 330 valence electrons. The Hall–Kier alpha value is -4.74. The quantitative estimate of drug-likeness (QED) is 0.245. The summed E-state index contributed by atoms with van der Waals surface area (Å²) in [5, 5.41) is 6.71. The first-order chi connectivity index (χ1) is 28.1. The highest BCUT2D eigenvalue weighted by molar-refractivity contribution is 7.91. The molecule has 4 amide bonds. The molecule has 1 aromatic heterocycles. The Morgan fingerprint density at radius 2 is 1.80 bits per heavy atom. The van der Waals surface area contributed by atoms with Crippen LogP contribution < -0.4 is 29.6 Å². The second-order valence-corrected chi connectivity index (χ2v) is 19.8. The first-order valence-electron chi connectivity index (χ1n) is 20.5. The monoisotopic (exact) mass is 861 g/mol. The zero-order chi connectivity index (χ0) is 44.0. The van der Waals surface area contributed by atoms with E-state index in [0.717, 1.165) is 13.8 Å². The minimum atomic E-state index is -4.07. The molecule has 1 aromatic carbocycles. The van der Waals surface area contributed by atoms with E-state index in [1.54, 1.807) is 31.2 Å². The molecule has 2 aliphatic carbocycles. The third-order valence-electron chi connectivity index (χ3n) is 12.8. The summed E-state index contributed by atoms with van der Waals surface area (Å²) in [6.45, 7) is 8.00. The lowest BCUT2D eigenvalue weighted by molar-refractivity contribution is -0.152. The van der Waals surface area contributed by atoms with E-state index in [1.807, 2.05) is 26.0 Å². The molecule has 0 spiro atoms. The normalized spacial score (nSPS) is 28.8. The van der Waals surface area contributed by atoms with Gasteiger partial charge in [-0.25, -0.2) is 22.0 Å². The number of nitrogens with zero attached hydrogens (tertiary/aromatic N) is 2. The number of benzene rings is 1. The molecular formula is C42H57F2N5O10S. The van der Waals surface area contributed by atoms with Crippen molar-refractivity contribution < 1.29 is 55.3 Å². The fourth-order valence-electron chi connectivity index (χ4n) is 7.95. The third-order valence-corrected chi connectivity index (χ3v) is 14.9. The van der Waals surface area contributed by atoms with Crippen LogP contribution >= 0.6 is 0 Å². The van der Waals surface area contributed by atoms with E-state index in [-0.39, 0.29) is 37.1 Å². The molecule has 3 heterocycles. The highest BCUT2D eigenvalue weighted by Gasteiger charge is 2.63. The number of halogens is 2. The maximum atomic E-state index is 15.0. The minimum Gasteiger partial charge on any atom is -0.497 e. The Balaban J connectivity index is 1.39. The van der Waals surface area contributed by atoms with Crippen LogP contribution in [0.25, 0.3) is 10.8 Å². The van der Waals surface area contributed by atoms with Crippen LogP contribution in [0.15, 0.2) is 36.4 Å². The molecule has 0 bridgehead atoms. The van der Waals surface area contributed by atoms with Gasteiger partial charge in [0.2, 0.25) is 33.6 Å². The molecule has 3 fully saturated rings. The first kappa shape index (κ1) is 44.8. The van der Waals surface area contributed by atoms with Gasteiger partial charge in [0.25, 0.3) is 11.8 Å².